The fourth-order valence-corrected chi connectivity index (χ4v) is 3.07. The molecule has 22 heavy (non-hydrogen) atoms. The Morgan fingerprint density at radius 2 is 1.82 bits per heavy atom. The van der Waals surface area contributed by atoms with Crippen LogP contribution < -0.4 is 5.32 Å². The van der Waals surface area contributed by atoms with Crippen LogP contribution in [-0.4, -0.2) is 16.1 Å². The number of rotatable bonds is 2. The van der Waals surface area contributed by atoms with Crippen molar-refractivity contribution < 1.29 is 9.59 Å². The highest BCUT2D eigenvalue weighted by Gasteiger charge is 2.24. The van der Waals surface area contributed by atoms with Crippen molar-refractivity contribution >= 4 is 29.0 Å². The molecule has 0 aliphatic carbocycles. The van der Waals surface area contributed by atoms with E-state index in [1.54, 1.807) is 12.3 Å². The van der Waals surface area contributed by atoms with Crippen LogP contribution in [0, 0.1) is 13.8 Å². The quantitative estimate of drug-likeness (QED) is 0.859. The highest BCUT2D eigenvalue weighted by Crippen LogP contribution is 2.27. The van der Waals surface area contributed by atoms with E-state index in [1.807, 2.05) is 26.0 Å². The molecule has 1 fully saturated rings. The van der Waals surface area contributed by atoms with E-state index in [-0.39, 0.29) is 11.1 Å². The Hall–Kier alpha value is -2.40. The van der Waals surface area contributed by atoms with Gasteiger partial charge in [-0.25, -0.2) is 0 Å². The Morgan fingerprint density at radius 1 is 1.09 bits per heavy atom. The Balaban J connectivity index is 1.98. The van der Waals surface area contributed by atoms with E-state index >= 15 is 0 Å². The Labute approximate surface area is 132 Å². The largest absolute Gasteiger partial charge is 0.290 e. The van der Waals surface area contributed by atoms with Crippen LogP contribution in [0.25, 0.3) is 17.3 Å². The van der Waals surface area contributed by atoms with Crippen LogP contribution >= 0.6 is 11.8 Å². The van der Waals surface area contributed by atoms with E-state index in [0.29, 0.717) is 4.91 Å². The number of nitrogens with zero attached hydrogens (tertiary/aromatic N) is 1. The average molecular weight is 310 g/mol. The van der Waals surface area contributed by atoms with Crippen LogP contribution in [0.4, 0.5) is 4.79 Å². The number of pyridine rings is 1. The SMILES string of the molecule is Cc1cc(C)cc(-c2cc(C=C3SC(=O)NC3=O)ccn2)c1. The molecule has 0 spiro atoms. The highest BCUT2D eigenvalue weighted by molar-refractivity contribution is 8.18. The Kier molecular flexibility index (Phi) is 3.81. The zero-order valence-corrected chi connectivity index (χ0v) is 13.0. The van der Waals surface area contributed by atoms with Gasteiger partial charge in [0, 0.05) is 11.8 Å². The second-order valence-corrected chi connectivity index (χ2v) is 6.22. The van der Waals surface area contributed by atoms with Gasteiger partial charge in [0.25, 0.3) is 11.1 Å². The number of carbonyl (C=O) groups is 2. The molecule has 1 aromatic carbocycles. The molecule has 2 aromatic rings. The van der Waals surface area contributed by atoms with Crippen molar-refractivity contribution in [3.05, 3.63) is 58.1 Å². The molecule has 5 heteroatoms. The zero-order chi connectivity index (χ0) is 15.7. The second kappa shape index (κ2) is 5.77. The summed E-state index contributed by atoms with van der Waals surface area (Å²) in [6.45, 7) is 4.10. The summed E-state index contributed by atoms with van der Waals surface area (Å²) in [5, 5.41) is 1.92. The number of aromatic nitrogens is 1. The summed E-state index contributed by atoms with van der Waals surface area (Å²) in [4.78, 5) is 27.6. The third-order valence-corrected chi connectivity index (χ3v) is 4.05. The number of amides is 2. The number of carbonyl (C=O) groups excluding carboxylic acids is 2. The molecule has 1 N–H and O–H groups in total. The number of aryl methyl sites for hydroxylation is 2. The second-order valence-electron chi connectivity index (χ2n) is 5.20. The predicted molar refractivity (Wildman–Crippen MR) is 88.3 cm³/mol. The fraction of sp³-hybridized carbons (Fsp3) is 0.118. The minimum atomic E-state index is -0.347. The summed E-state index contributed by atoms with van der Waals surface area (Å²) < 4.78 is 0. The molecule has 1 aliphatic heterocycles. The van der Waals surface area contributed by atoms with Gasteiger partial charge in [-0.2, -0.15) is 0 Å². The fourth-order valence-electron chi connectivity index (χ4n) is 2.39. The first kappa shape index (κ1) is 14.5. The molecular weight excluding hydrogens is 296 g/mol. The molecule has 0 unspecified atom stereocenters. The molecule has 0 bridgehead atoms. The molecule has 1 aliphatic rings. The van der Waals surface area contributed by atoms with E-state index in [9.17, 15) is 9.59 Å². The van der Waals surface area contributed by atoms with Gasteiger partial charge in [0.05, 0.1) is 10.6 Å². The van der Waals surface area contributed by atoms with Crippen molar-refractivity contribution in [2.75, 3.05) is 0 Å². The maximum Gasteiger partial charge on any atom is 0.290 e. The minimum Gasteiger partial charge on any atom is -0.282 e. The van der Waals surface area contributed by atoms with Crippen molar-refractivity contribution in [1.82, 2.24) is 10.3 Å². The van der Waals surface area contributed by atoms with Crippen LogP contribution in [0.1, 0.15) is 16.7 Å². The maximum absolute atomic E-state index is 11.6. The van der Waals surface area contributed by atoms with Gasteiger partial charge in [-0.05, 0) is 61.5 Å². The first-order valence-electron chi connectivity index (χ1n) is 6.81. The number of imide groups is 1. The lowest BCUT2D eigenvalue weighted by Crippen LogP contribution is -2.17. The lowest BCUT2D eigenvalue weighted by atomic mass is 10.0. The van der Waals surface area contributed by atoms with E-state index in [0.717, 1.165) is 28.6 Å². The molecule has 2 heterocycles. The third-order valence-electron chi connectivity index (χ3n) is 3.24. The normalized spacial score (nSPS) is 16.2. The van der Waals surface area contributed by atoms with Crippen molar-refractivity contribution in [1.29, 1.82) is 0 Å². The van der Waals surface area contributed by atoms with Gasteiger partial charge in [-0.15, -0.1) is 0 Å². The molecule has 0 radical (unpaired) electrons. The highest BCUT2D eigenvalue weighted by atomic mass is 32.2. The van der Waals surface area contributed by atoms with E-state index < -0.39 is 0 Å². The van der Waals surface area contributed by atoms with Crippen molar-refractivity contribution in [2.45, 2.75) is 13.8 Å². The topological polar surface area (TPSA) is 59.1 Å². The summed E-state index contributed by atoms with van der Waals surface area (Å²) in [5.74, 6) is -0.347. The first-order valence-corrected chi connectivity index (χ1v) is 7.62. The molecule has 0 saturated carbocycles. The van der Waals surface area contributed by atoms with Gasteiger partial charge in [-0.3, -0.25) is 19.9 Å². The Morgan fingerprint density at radius 3 is 2.45 bits per heavy atom. The average Bonchev–Trinajstić information content (AvgIpc) is 2.76. The van der Waals surface area contributed by atoms with Gasteiger partial charge in [0.2, 0.25) is 0 Å². The van der Waals surface area contributed by atoms with Gasteiger partial charge in [0.1, 0.15) is 0 Å². The number of nitrogens with one attached hydrogen (secondary N) is 1. The van der Waals surface area contributed by atoms with E-state index in [1.165, 1.54) is 11.1 Å². The molecule has 110 valence electrons. The standard InChI is InChI=1S/C17H14N2O2S/c1-10-5-11(2)7-13(6-10)14-8-12(3-4-18-14)9-15-16(20)19-17(21)22-15/h3-9H,1-2H3,(H,19,20,21). The maximum atomic E-state index is 11.6. The van der Waals surface area contributed by atoms with Gasteiger partial charge in [-0.1, -0.05) is 17.2 Å². The van der Waals surface area contributed by atoms with Gasteiger partial charge >= 0.3 is 0 Å². The lowest BCUT2D eigenvalue weighted by Gasteiger charge is -2.05. The van der Waals surface area contributed by atoms with E-state index in [2.05, 4.69) is 28.5 Å². The molecule has 4 nitrogen and oxygen atoms in total. The van der Waals surface area contributed by atoms with Crippen LogP contribution in [0.2, 0.25) is 0 Å². The van der Waals surface area contributed by atoms with Crippen molar-refractivity contribution in [3.8, 4) is 11.3 Å². The van der Waals surface area contributed by atoms with Crippen molar-refractivity contribution in [3.63, 3.8) is 0 Å². The summed E-state index contributed by atoms with van der Waals surface area (Å²) in [6.07, 6.45) is 3.41. The number of hydrogen-bond acceptors (Lipinski definition) is 4. The molecular formula is C17H14N2O2S. The molecule has 3 rings (SSSR count). The number of hydrogen-bond donors (Lipinski definition) is 1. The number of benzene rings is 1. The van der Waals surface area contributed by atoms with Crippen molar-refractivity contribution in [2.24, 2.45) is 0 Å². The minimum absolute atomic E-state index is 0.333. The third kappa shape index (κ3) is 3.09. The molecule has 2 amide bonds. The summed E-state index contributed by atoms with van der Waals surface area (Å²) >= 11 is 0.916. The molecule has 1 aromatic heterocycles. The van der Waals surface area contributed by atoms with Crippen LogP contribution in [0.15, 0.2) is 41.4 Å². The van der Waals surface area contributed by atoms with Crippen LogP contribution in [0.3, 0.4) is 0 Å². The smallest absolute Gasteiger partial charge is 0.282 e. The Bertz CT molecular complexity index is 792. The lowest BCUT2D eigenvalue weighted by molar-refractivity contribution is -0.115. The van der Waals surface area contributed by atoms with Crippen LogP contribution in [-0.2, 0) is 4.79 Å². The first-order chi connectivity index (χ1) is 10.5. The summed E-state index contributed by atoms with van der Waals surface area (Å²) in [7, 11) is 0. The molecule has 1 saturated heterocycles. The zero-order valence-electron chi connectivity index (χ0n) is 12.2. The predicted octanol–water partition coefficient (Wildman–Crippen LogP) is 3.69. The number of thioether (sulfide) groups is 1. The van der Waals surface area contributed by atoms with Crippen LogP contribution in [0.5, 0.6) is 0 Å². The summed E-state index contributed by atoms with van der Waals surface area (Å²) in [6, 6.07) is 9.99. The van der Waals surface area contributed by atoms with E-state index in [4.69, 9.17) is 0 Å². The van der Waals surface area contributed by atoms with Gasteiger partial charge < -0.3 is 0 Å². The summed E-state index contributed by atoms with van der Waals surface area (Å²) in [5.41, 5.74) is 5.08. The van der Waals surface area contributed by atoms with Gasteiger partial charge in [0.15, 0.2) is 0 Å². The molecule has 0 atom stereocenters. The monoisotopic (exact) mass is 310 g/mol.